The summed E-state index contributed by atoms with van der Waals surface area (Å²) in [6.45, 7) is 6.03. The van der Waals surface area contributed by atoms with Crippen LogP contribution >= 0.6 is 0 Å². The van der Waals surface area contributed by atoms with E-state index in [1.165, 1.54) is 12.1 Å². The van der Waals surface area contributed by atoms with Crippen LogP contribution in [0, 0.1) is 36.8 Å². The molecule has 0 atom stereocenters. The third-order valence-electron chi connectivity index (χ3n) is 4.24. The Kier molecular flexibility index (Phi) is 7.26. The van der Waals surface area contributed by atoms with Crippen LogP contribution in [0.15, 0.2) is 29.8 Å². The summed E-state index contributed by atoms with van der Waals surface area (Å²) >= 11 is 0. The molecule has 2 rings (SSSR count). The van der Waals surface area contributed by atoms with Gasteiger partial charge in [-0.25, -0.2) is 13.6 Å². The molecule has 0 aliphatic heterocycles. The van der Waals surface area contributed by atoms with Gasteiger partial charge in [-0.05, 0) is 50.1 Å². The molecule has 1 N–H and O–H groups in total. The molecule has 0 fully saturated rings. The SMILES string of the molecule is CCCn1c(C)cc(/C=C(\C#N)C(=O)OCC(=O)Nc2ccc(F)c(F)c2)c1C. The molecule has 1 amide bonds. The summed E-state index contributed by atoms with van der Waals surface area (Å²) in [5.74, 6) is -3.86. The number of anilines is 1. The van der Waals surface area contributed by atoms with Crippen LogP contribution in [-0.4, -0.2) is 23.1 Å². The molecular weight excluding hydrogens is 380 g/mol. The molecule has 0 saturated heterocycles. The van der Waals surface area contributed by atoms with Crippen LogP contribution in [0.4, 0.5) is 14.5 Å². The van der Waals surface area contributed by atoms with Crippen molar-refractivity contribution in [2.45, 2.75) is 33.7 Å². The number of hydrogen-bond acceptors (Lipinski definition) is 4. The molecule has 152 valence electrons. The molecular formula is C21H21F2N3O3. The zero-order valence-electron chi connectivity index (χ0n) is 16.4. The molecule has 29 heavy (non-hydrogen) atoms. The Labute approximate surface area is 167 Å². The van der Waals surface area contributed by atoms with Gasteiger partial charge in [0, 0.05) is 29.7 Å². The van der Waals surface area contributed by atoms with Crippen LogP contribution in [-0.2, 0) is 20.9 Å². The first-order valence-electron chi connectivity index (χ1n) is 8.97. The average molecular weight is 401 g/mol. The normalized spacial score (nSPS) is 11.1. The highest BCUT2D eigenvalue weighted by atomic mass is 19.2. The predicted molar refractivity (Wildman–Crippen MR) is 104 cm³/mol. The molecule has 1 heterocycles. The number of carbonyl (C=O) groups is 2. The van der Waals surface area contributed by atoms with E-state index < -0.39 is 30.1 Å². The van der Waals surface area contributed by atoms with Crippen molar-refractivity contribution in [1.82, 2.24) is 4.57 Å². The monoisotopic (exact) mass is 401 g/mol. The Balaban J connectivity index is 2.03. The lowest BCUT2D eigenvalue weighted by Gasteiger charge is -2.07. The van der Waals surface area contributed by atoms with Crippen molar-refractivity contribution in [3.63, 3.8) is 0 Å². The van der Waals surface area contributed by atoms with E-state index in [2.05, 4.69) is 16.8 Å². The van der Waals surface area contributed by atoms with Gasteiger partial charge in [-0.3, -0.25) is 4.79 Å². The van der Waals surface area contributed by atoms with Crippen molar-refractivity contribution < 1.29 is 23.1 Å². The maximum atomic E-state index is 13.2. The smallest absolute Gasteiger partial charge is 0.349 e. The second-order valence-corrected chi connectivity index (χ2v) is 6.40. The fourth-order valence-corrected chi connectivity index (χ4v) is 2.81. The number of nitrogens with zero attached hydrogens (tertiary/aromatic N) is 2. The van der Waals surface area contributed by atoms with Gasteiger partial charge in [0.15, 0.2) is 18.2 Å². The molecule has 0 saturated carbocycles. The van der Waals surface area contributed by atoms with Crippen molar-refractivity contribution in [3.8, 4) is 6.07 Å². The second kappa shape index (κ2) is 9.64. The largest absolute Gasteiger partial charge is 0.451 e. The minimum absolute atomic E-state index is 0.0179. The summed E-state index contributed by atoms with van der Waals surface area (Å²) in [4.78, 5) is 24.0. The molecule has 2 aromatic rings. The van der Waals surface area contributed by atoms with E-state index in [1.54, 1.807) is 6.07 Å². The standard InChI is InChI=1S/C21H21F2N3O3/c1-4-7-26-13(2)8-15(14(26)3)9-16(11-24)21(28)29-12-20(27)25-17-5-6-18(22)19(23)10-17/h5-6,8-10H,4,7,12H2,1-3H3,(H,25,27)/b16-9+. The number of aryl methyl sites for hydroxylation is 1. The topological polar surface area (TPSA) is 84.1 Å². The molecule has 1 aromatic carbocycles. The van der Waals surface area contributed by atoms with E-state index in [0.29, 0.717) is 0 Å². The van der Waals surface area contributed by atoms with E-state index in [4.69, 9.17) is 4.74 Å². The Morgan fingerprint density at radius 3 is 2.59 bits per heavy atom. The lowest BCUT2D eigenvalue weighted by atomic mass is 10.1. The fraction of sp³-hybridized carbons (Fsp3) is 0.286. The summed E-state index contributed by atoms with van der Waals surface area (Å²) in [6, 6.07) is 6.49. The summed E-state index contributed by atoms with van der Waals surface area (Å²) in [5.41, 5.74) is 2.41. The number of aromatic nitrogens is 1. The van der Waals surface area contributed by atoms with Gasteiger partial charge >= 0.3 is 5.97 Å². The summed E-state index contributed by atoms with van der Waals surface area (Å²) in [5, 5.41) is 11.6. The molecule has 0 aliphatic carbocycles. The quantitative estimate of drug-likeness (QED) is 0.434. The van der Waals surface area contributed by atoms with Crippen LogP contribution in [0.3, 0.4) is 0 Å². The van der Waals surface area contributed by atoms with Gasteiger partial charge in [0.1, 0.15) is 11.6 Å². The van der Waals surface area contributed by atoms with Crippen LogP contribution in [0.25, 0.3) is 6.08 Å². The first-order chi connectivity index (χ1) is 13.8. The number of rotatable bonds is 7. The third-order valence-corrected chi connectivity index (χ3v) is 4.24. The highest BCUT2D eigenvalue weighted by Gasteiger charge is 2.16. The summed E-state index contributed by atoms with van der Waals surface area (Å²) in [7, 11) is 0. The van der Waals surface area contributed by atoms with Gasteiger partial charge in [0.05, 0.1) is 0 Å². The van der Waals surface area contributed by atoms with Crippen LogP contribution in [0.5, 0.6) is 0 Å². The van der Waals surface area contributed by atoms with Gasteiger partial charge in [-0.15, -0.1) is 0 Å². The molecule has 0 aliphatic rings. The second-order valence-electron chi connectivity index (χ2n) is 6.40. The molecule has 6 nitrogen and oxygen atoms in total. The van der Waals surface area contributed by atoms with E-state index in [-0.39, 0.29) is 11.3 Å². The molecule has 0 spiro atoms. The van der Waals surface area contributed by atoms with E-state index in [1.807, 2.05) is 19.9 Å². The number of amides is 1. The molecule has 0 radical (unpaired) electrons. The number of benzene rings is 1. The molecule has 8 heteroatoms. The maximum absolute atomic E-state index is 13.2. The van der Waals surface area contributed by atoms with E-state index in [0.717, 1.165) is 42.0 Å². The van der Waals surface area contributed by atoms with Crippen molar-refractivity contribution in [2.75, 3.05) is 11.9 Å². The number of hydrogen-bond donors (Lipinski definition) is 1. The van der Waals surface area contributed by atoms with Crippen molar-refractivity contribution in [3.05, 3.63) is 58.4 Å². The number of halogens is 2. The first kappa shape index (κ1) is 21.8. The number of nitriles is 1. The van der Waals surface area contributed by atoms with Gasteiger partial charge < -0.3 is 14.6 Å². The average Bonchev–Trinajstić information content (AvgIpc) is 2.94. The first-order valence-corrected chi connectivity index (χ1v) is 8.97. The third kappa shape index (κ3) is 5.51. The van der Waals surface area contributed by atoms with Gasteiger partial charge in [-0.1, -0.05) is 6.92 Å². The van der Waals surface area contributed by atoms with E-state index >= 15 is 0 Å². The van der Waals surface area contributed by atoms with E-state index in [9.17, 15) is 23.6 Å². The van der Waals surface area contributed by atoms with Crippen LogP contribution < -0.4 is 5.32 Å². The Morgan fingerprint density at radius 2 is 1.97 bits per heavy atom. The minimum atomic E-state index is -1.12. The van der Waals surface area contributed by atoms with Crippen molar-refractivity contribution >= 4 is 23.6 Å². The maximum Gasteiger partial charge on any atom is 0.349 e. The van der Waals surface area contributed by atoms with Gasteiger partial charge in [-0.2, -0.15) is 5.26 Å². The zero-order chi connectivity index (χ0) is 21.6. The summed E-state index contributed by atoms with van der Waals surface area (Å²) in [6.07, 6.45) is 2.36. The Bertz CT molecular complexity index is 1000. The fourth-order valence-electron chi connectivity index (χ4n) is 2.81. The zero-order valence-corrected chi connectivity index (χ0v) is 16.4. The highest BCUT2D eigenvalue weighted by Crippen LogP contribution is 2.19. The van der Waals surface area contributed by atoms with Gasteiger partial charge in [0.2, 0.25) is 0 Å². The summed E-state index contributed by atoms with van der Waals surface area (Å²) < 4.78 is 33.0. The van der Waals surface area contributed by atoms with Crippen LogP contribution in [0.2, 0.25) is 0 Å². The minimum Gasteiger partial charge on any atom is -0.451 e. The van der Waals surface area contributed by atoms with Crippen molar-refractivity contribution in [1.29, 1.82) is 5.26 Å². The highest BCUT2D eigenvalue weighted by molar-refractivity contribution is 6.00. The van der Waals surface area contributed by atoms with Crippen molar-refractivity contribution in [2.24, 2.45) is 0 Å². The van der Waals surface area contributed by atoms with Crippen LogP contribution in [0.1, 0.15) is 30.3 Å². The van der Waals surface area contributed by atoms with Gasteiger partial charge in [0.25, 0.3) is 5.91 Å². The molecule has 0 unspecified atom stereocenters. The lowest BCUT2D eigenvalue weighted by molar-refractivity contribution is -0.142. The Hall–Kier alpha value is -3.47. The molecule has 1 aromatic heterocycles. The number of esters is 1. The Morgan fingerprint density at radius 1 is 1.24 bits per heavy atom. The lowest BCUT2D eigenvalue weighted by Crippen LogP contribution is -2.21. The number of ether oxygens (including phenoxy) is 1. The molecule has 0 bridgehead atoms. The number of nitrogens with one attached hydrogen (secondary N) is 1. The predicted octanol–water partition coefficient (Wildman–Crippen LogP) is 3.88. The number of carbonyl (C=O) groups excluding carboxylic acids is 2.